The molecule has 0 saturated heterocycles. The smallest absolute Gasteiger partial charge is 0.335 e. The third-order valence-electron chi connectivity index (χ3n) is 3.47. The molecule has 5 heteroatoms. The highest BCUT2D eigenvalue weighted by Gasteiger charge is 2.16. The second kappa shape index (κ2) is 7.17. The van der Waals surface area contributed by atoms with Gasteiger partial charge < -0.3 is 14.7 Å². The first kappa shape index (κ1) is 17.5. The molecule has 0 fully saturated rings. The Morgan fingerprint density at radius 1 is 1.04 bits per heavy atom. The average Bonchev–Trinajstić information content (AvgIpc) is 2.53. The van der Waals surface area contributed by atoms with Crippen LogP contribution < -0.4 is 9.64 Å². The van der Waals surface area contributed by atoms with Crippen molar-refractivity contribution < 1.29 is 19.4 Å². The highest BCUT2D eigenvalue weighted by Crippen LogP contribution is 2.21. The van der Waals surface area contributed by atoms with Gasteiger partial charge in [-0.1, -0.05) is 0 Å². The summed E-state index contributed by atoms with van der Waals surface area (Å²) in [6.45, 7) is 5.66. The molecule has 2 rings (SSSR count). The molecule has 0 atom stereocenters. The van der Waals surface area contributed by atoms with Gasteiger partial charge in [0.15, 0.2) is 0 Å². The van der Waals surface area contributed by atoms with Crippen molar-refractivity contribution in [1.82, 2.24) is 0 Å². The number of ether oxygens (including phenoxy) is 1. The van der Waals surface area contributed by atoms with Crippen LogP contribution in [0.15, 0.2) is 42.5 Å². The lowest BCUT2D eigenvalue weighted by Gasteiger charge is -2.19. The normalized spacial score (nSPS) is 10.5. The van der Waals surface area contributed by atoms with Gasteiger partial charge in [-0.15, -0.1) is 0 Å². The van der Waals surface area contributed by atoms with Crippen LogP contribution in [0.4, 0.5) is 5.69 Å². The number of hydrogen-bond acceptors (Lipinski definition) is 3. The minimum atomic E-state index is -1.05. The Balaban J connectivity index is 2.24. The lowest BCUT2D eigenvalue weighted by molar-refractivity contribution is 0.0696. The van der Waals surface area contributed by atoms with Crippen LogP contribution in [0.5, 0.6) is 5.75 Å². The van der Waals surface area contributed by atoms with Gasteiger partial charge >= 0.3 is 5.97 Å². The molecule has 0 aliphatic rings. The number of anilines is 1. The highest BCUT2D eigenvalue weighted by atomic mass is 16.5. The number of aryl methyl sites for hydroxylation is 1. The molecule has 1 N–H and O–H groups in total. The van der Waals surface area contributed by atoms with E-state index in [0.717, 1.165) is 11.3 Å². The molecule has 0 heterocycles. The SMILES string of the molecule is Cc1cc(C(=O)O)cc(C(=O)N(C)c2ccc(OC(C)C)cc2)c1. The zero-order chi connectivity index (χ0) is 17.9. The van der Waals surface area contributed by atoms with Gasteiger partial charge in [-0.25, -0.2) is 4.79 Å². The molecule has 0 aliphatic carbocycles. The number of carbonyl (C=O) groups is 2. The topological polar surface area (TPSA) is 66.8 Å². The molecule has 0 unspecified atom stereocenters. The van der Waals surface area contributed by atoms with Crippen LogP contribution in [0, 0.1) is 6.92 Å². The van der Waals surface area contributed by atoms with Crippen molar-refractivity contribution in [1.29, 1.82) is 0 Å². The summed E-state index contributed by atoms with van der Waals surface area (Å²) in [6, 6.07) is 11.8. The van der Waals surface area contributed by atoms with Crippen LogP contribution in [0.3, 0.4) is 0 Å². The zero-order valence-corrected chi connectivity index (χ0v) is 14.2. The minimum Gasteiger partial charge on any atom is -0.491 e. The summed E-state index contributed by atoms with van der Waals surface area (Å²) in [5, 5.41) is 9.13. The van der Waals surface area contributed by atoms with Crippen molar-refractivity contribution in [2.45, 2.75) is 26.9 Å². The van der Waals surface area contributed by atoms with Gasteiger partial charge in [-0.2, -0.15) is 0 Å². The summed E-state index contributed by atoms with van der Waals surface area (Å²) in [5.74, 6) is -0.581. The van der Waals surface area contributed by atoms with E-state index in [0.29, 0.717) is 11.3 Å². The standard InChI is InChI=1S/C19H21NO4/c1-12(2)24-17-7-5-16(6-8-17)20(4)18(21)14-9-13(3)10-15(11-14)19(22)23/h5-12H,1-4H3,(H,22,23). The van der Waals surface area contributed by atoms with E-state index in [1.165, 1.54) is 17.0 Å². The maximum atomic E-state index is 12.6. The molecule has 24 heavy (non-hydrogen) atoms. The molecule has 2 aromatic carbocycles. The lowest BCUT2D eigenvalue weighted by Crippen LogP contribution is -2.26. The van der Waals surface area contributed by atoms with E-state index in [1.54, 1.807) is 44.3 Å². The Morgan fingerprint density at radius 3 is 2.17 bits per heavy atom. The molecule has 0 aliphatic heterocycles. The monoisotopic (exact) mass is 327 g/mol. The first-order valence-electron chi connectivity index (χ1n) is 7.67. The Labute approximate surface area is 141 Å². The molecular formula is C19H21NO4. The van der Waals surface area contributed by atoms with Crippen LogP contribution in [0.2, 0.25) is 0 Å². The maximum absolute atomic E-state index is 12.6. The summed E-state index contributed by atoms with van der Waals surface area (Å²) in [7, 11) is 1.66. The second-order valence-electron chi connectivity index (χ2n) is 5.92. The first-order valence-corrected chi connectivity index (χ1v) is 7.67. The fourth-order valence-corrected chi connectivity index (χ4v) is 2.36. The summed E-state index contributed by atoms with van der Waals surface area (Å²) < 4.78 is 5.58. The van der Waals surface area contributed by atoms with Gasteiger partial charge in [0.25, 0.3) is 5.91 Å². The van der Waals surface area contributed by atoms with E-state index in [4.69, 9.17) is 9.84 Å². The highest BCUT2D eigenvalue weighted by molar-refractivity contribution is 6.07. The molecule has 0 bridgehead atoms. The summed E-state index contributed by atoms with van der Waals surface area (Å²) >= 11 is 0. The van der Waals surface area contributed by atoms with Crippen LogP contribution in [-0.2, 0) is 0 Å². The number of carboxylic acids is 1. The predicted octanol–water partition coefficient (Wildman–Crippen LogP) is 3.76. The summed E-state index contributed by atoms with van der Waals surface area (Å²) in [6.07, 6.45) is 0.0805. The largest absolute Gasteiger partial charge is 0.491 e. The number of amides is 1. The van der Waals surface area contributed by atoms with E-state index in [9.17, 15) is 9.59 Å². The Kier molecular flexibility index (Phi) is 5.24. The number of carbonyl (C=O) groups excluding carboxylic acids is 1. The van der Waals surface area contributed by atoms with E-state index in [2.05, 4.69) is 0 Å². The molecule has 0 saturated carbocycles. The van der Waals surface area contributed by atoms with Gasteiger partial charge in [0.1, 0.15) is 5.75 Å². The molecule has 126 valence electrons. The molecule has 2 aromatic rings. The molecule has 5 nitrogen and oxygen atoms in total. The van der Waals surface area contributed by atoms with Crippen molar-refractivity contribution >= 4 is 17.6 Å². The van der Waals surface area contributed by atoms with Crippen molar-refractivity contribution in [2.75, 3.05) is 11.9 Å². The second-order valence-corrected chi connectivity index (χ2v) is 5.92. The lowest BCUT2D eigenvalue weighted by atomic mass is 10.1. The van der Waals surface area contributed by atoms with Gasteiger partial charge in [0.2, 0.25) is 0 Å². The van der Waals surface area contributed by atoms with Crippen molar-refractivity contribution in [3.8, 4) is 5.75 Å². The van der Waals surface area contributed by atoms with Gasteiger partial charge in [0, 0.05) is 18.3 Å². The number of hydrogen-bond donors (Lipinski definition) is 1. The van der Waals surface area contributed by atoms with E-state index < -0.39 is 5.97 Å². The number of nitrogens with zero attached hydrogens (tertiary/aromatic N) is 1. The van der Waals surface area contributed by atoms with Crippen LogP contribution in [-0.4, -0.2) is 30.1 Å². The number of rotatable bonds is 5. The predicted molar refractivity (Wildman–Crippen MR) is 93.1 cm³/mol. The Morgan fingerprint density at radius 2 is 1.62 bits per heavy atom. The van der Waals surface area contributed by atoms with E-state index >= 15 is 0 Å². The van der Waals surface area contributed by atoms with Crippen LogP contribution >= 0.6 is 0 Å². The van der Waals surface area contributed by atoms with Gasteiger partial charge in [-0.3, -0.25) is 4.79 Å². The first-order chi connectivity index (χ1) is 11.3. The molecule has 0 aromatic heterocycles. The maximum Gasteiger partial charge on any atom is 0.335 e. The molecule has 0 spiro atoms. The summed E-state index contributed by atoms with van der Waals surface area (Å²) in [5.41, 5.74) is 1.88. The van der Waals surface area contributed by atoms with Crippen LogP contribution in [0.25, 0.3) is 0 Å². The van der Waals surface area contributed by atoms with E-state index in [-0.39, 0.29) is 17.6 Å². The van der Waals surface area contributed by atoms with Gasteiger partial charge in [-0.05, 0) is 68.8 Å². The molecular weight excluding hydrogens is 306 g/mol. The van der Waals surface area contributed by atoms with Crippen LogP contribution in [0.1, 0.15) is 40.1 Å². The van der Waals surface area contributed by atoms with Gasteiger partial charge in [0.05, 0.1) is 11.7 Å². The fourth-order valence-electron chi connectivity index (χ4n) is 2.36. The molecule has 0 radical (unpaired) electrons. The van der Waals surface area contributed by atoms with Crippen molar-refractivity contribution in [3.63, 3.8) is 0 Å². The fraction of sp³-hybridized carbons (Fsp3) is 0.263. The Hall–Kier alpha value is -2.82. The van der Waals surface area contributed by atoms with E-state index in [1.807, 2.05) is 13.8 Å². The minimum absolute atomic E-state index is 0.0805. The third kappa shape index (κ3) is 4.13. The number of carboxylic acid groups (broad SMARTS) is 1. The third-order valence-corrected chi connectivity index (χ3v) is 3.47. The number of benzene rings is 2. The quantitative estimate of drug-likeness (QED) is 0.908. The average molecular weight is 327 g/mol. The van der Waals surface area contributed by atoms with Crippen molar-refractivity contribution in [2.24, 2.45) is 0 Å². The summed E-state index contributed by atoms with van der Waals surface area (Å²) in [4.78, 5) is 25.3. The zero-order valence-electron chi connectivity index (χ0n) is 14.2. The number of aromatic carboxylic acids is 1. The molecule has 1 amide bonds. The van der Waals surface area contributed by atoms with Crippen molar-refractivity contribution in [3.05, 3.63) is 59.2 Å². The Bertz CT molecular complexity index is 750.